The molecular formula is C26H24N2O7. The number of hydrogen-bond acceptors (Lipinski definition) is 7. The van der Waals surface area contributed by atoms with Crippen molar-refractivity contribution < 1.29 is 33.3 Å². The molecule has 0 bridgehead atoms. The number of hydrazine groups is 1. The van der Waals surface area contributed by atoms with E-state index in [1.165, 1.54) is 45.6 Å². The number of ether oxygens (including phenoxy) is 4. The van der Waals surface area contributed by atoms with Gasteiger partial charge >= 0.3 is 5.97 Å². The molecule has 0 atom stereocenters. The van der Waals surface area contributed by atoms with Crippen LogP contribution in [0.1, 0.15) is 26.3 Å². The summed E-state index contributed by atoms with van der Waals surface area (Å²) in [5.74, 6) is -0.497. The minimum absolute atomic E-state index is 0.180. The Labute approximate surface area is 202 Å². The Balaban J connectivity index is 1.70. The Morgan fingerprint density at radius 2 is 1.34 bits per heavy atom. The van der Waals surface area contributed by atoms with Gasteiger partial charge < -0.3 is 18.9 Å². The molecule has 2 N–H and O–H groups in total. The van der Waals surface area contributed by atoms with Crippen LogP contribution in [0.2, 0.25) is 0 Å². The van der Waals surface area contributed by atoms with Gasteiger partial charge in [-0.1, -0.05) is 36.4 Å². The number of carbonyl (C=O) groups excluding carboxylic acids is 3. The molecule has 0 aliphatic rings. The third kappa shape index (κ3) is 6.38. The Hall–Kier alpha value is -4.79. The molecule has 0 saturated carbocycles. The second-order valence-corrected chi connectivity index (χ2v) is 6.98. The molecule has 0 aliphatic carbocycles. The minimum atomic E-state index is -0.662. The van der Waals surface area contributed by atoms with Crippen molar-refractivity contribution in [2.24, 2.45) is 0 Å². The van der Waals surface area contributed by atoms with Crippen LogP contribution in [0, 0.1) is 0 Å². The van der Waals surface area contributed by atoms with E-state index in [2.05, 4.69) is 10.9 Å². The first-order chi connectivity index (χ1) is 17.0. The van der Waals surface area contributed by atoms with Gasteiger partial charge in [-0.2, -0.15) is 0 Å². The van der Waals surface area contributed by atoms with Crippen molar-refractivity contribution in [3.8, 4) is 23.0 Å². The molecule has 0 saturated heterocycles. The third-order valence-electron chi connectivity index (χ3n) is 4.77. The smallest absolute Gasteiger partial charge is 0.343 e. The molecular weight excluding hydrogens is 452 g/mol. The molecule has 3 aromatic rings. The first kappa shape index (κ1) is 24.8. The van der Waals surface area contributed by atoms with Gasteiger partial charge in [-0.25, -0.2) is 4.79 Å². The van der Waals surface area contributed by atoms with Crippen LogP contribution in [0.3, 0.4) is 0 Å². The lowest BCUT2D eigenvalue weighted by molar-refractivity contribution is -0.117. The molecule has 3 aromatic carbocycles. The normalized spacial score (nSPS) is 10.4. The zero-order chi connectivity index (χ0) is 25.2. The van der Waals surface area contributed by atoms with E-state index in [4.69, 9.17) is 18.9 Å². The number of hydrogen-bond donors (Lipinski definition) is 2. The highest BCUT2D eigenvalue weighted by Crippen LogP contribution is 2.38. The van der Waals surface area contributed by atoms with Crippen molar-refractivity contribution in [3.63, 3.8) is 0 Å². The number of methoxy groups -OCH3 is 3. The summed E-state index contributed by atoms with van der Waals surface area (Å²) in [5, 5.41) is 0. The fourth-order valence-corrected chi connectivity index (χ4v) is 3.06. The maximum atomic E-state index is 12.8. The Morgan fingerprint density at radius 1 is 0.714 bits per heavy atom. The second-order valence-electron chi connectivity index (χ2n) is 6.98. The topological polar surface area (TPSA) is 112 Å². The van der Waals surface area contributed by atoms with Gasteiger partial charge in [0.15, 0.2) is 11.5 Å². The highest BCUT2D eigenvalue weighted by molar-refractivity contribution is 5.98. The zero-order valence-electron chi connectivity index (χ0n) is 19.4. The predicted octanol–water partition coefficient (Wildman–Crippen LogP) is 3.41. The van der Waals surface area contributed by atoms with Crippen LogP contribution in [0.25, 0.3) is 6.08 Å². The van der Waals surface area contributed by atoms with Crippen LogP contribution < -0.4 is 29.8 Å². The highest BCUT2D eigenvalue weighted by Gasteiger charge is 2.19. The van der Waals surface area contributed by atoms with Crippen molar-refractivity contribution >= 4 is 23.9 Å². The Bertz CT molecular complexity index is 1210. The summed E-state index contributed by atoms with van der Waals surface area (Å²) in [5.41, 5.74) is 5.68. The van der Waals surface area contributed by atoms with Crippen molar-refractivity contribution in [3.05, 3.63) is 89.5 Å². The van der Waals surface area contributed by atoms with Crippen molar-refractivity contribution in [2.45, 2.75) is 0 Å². The average Bonchev–Trinajstić information content (AvgIpc) is 2.90. The summed E-state index contributed by atoms with van der Waals surface area (Å²) in [6.07, 6.45) is 2.67. The molecule has 0 unspecified atom stereocenters. The molecule has 3 rings (SSSR count). The fraction of sp³-hybridized carbons (Fsp3) is 0.115. The van der Waals surface area contributed by atoms with Gasteiger partial charge in [-0.15, -0.1) is 0 Å². The first-order valence-corrected chi connectivity index (χ1v) is 10.4. The number of para-hydroxylation sites is 1. The lowest BCUT2D eigenvalue weighted by atomic mass is 10.1. The van der Waals surface area contributed by atoms with Gasteiger partial charge in [-0.05, 0) is 36.4 Å². The Morgan fingerprint density at radius 3 is 1.97 bits per heavy atom. The lowest BCUT2D eigenvalue weighted by Gasteiger charge is -2.14. The van der Waals surface area contributed by atoms with Crippen LogP contribution >= 0.6 is 0 Å². The molecule has 9 nitrogen and oxygen atoms in total. The summed E-state index contributed by atoms with van der Waals surface area (Å²) in [4.78, 5) is 37.0. The van der Waals surface area contributed by atoms with Gasteiger partial charge in [-0.3, -0.25) is 20.4 Å². The maximum absolute atomic E-state index is 12.8. The predicted molar refractivity (Wildman–Crippen MR) is 129 cm³/mol. The minimum Gasteiger partial charge on any atom is -0.493 e. The third-order valence-corrected chi connectivity index (χ3v) is 4.77. The van der Waals surface area contributed by atoms with Crippen LogP contribution in [0.15, 0.2) is 72.8 Å². The molecule has 9 heteroatoms. The van der Waals surface area contributed by atoms with Gasteiger partial charge in [0.1, 0.15) is 5.75 Å². The number of rotatable bonds is 8. The number of amides is 2. The first-order valence-electron chi connectivity index (χ1n) is 10.4. The van der Waals surface area contributed by atoms with Gasteiger partial charge in [0, 0.05) is 17.2 Å². The highest BCUT2D eigenvalue weighted by atomic mass is 16.5. The van der Waals surface area contributed by atoms with Gasteiger partial charge in [0.25, 0.3) is 11.8 Å². The van der Waals surface area contributed by atoms with E-state index < -0.39 is 17.8 Å². The Kier molecular flexibility index (Phi) is 8.44. The van der Waals surface area contributed by atoms with E-state index in [-0.39, 0.29) is 11.3 Å². The van der Waals surface area contributed by atoms with Gasteiger partial charge in [0.2, 0.25) is 5.75 Å². The summed E-state index contributed by atoms with van der Waals surface area (Å²) >= 11 is 0. The number of benzene rings is 3. The molecule has 0 fully saturated rings. The van der Waals surface area contributed by atoms with Crippen molar-refractivity contribution in [1.29, 1.82) is 0 Å². The number of esters is 1. The van der Waals surface area contributed by atoms with Crippen LogP contribution in [0.4, 0.5) is 0 Å². The number of nitrogens with one attached hydrogen (secondary N) is 2. The van der Waals surface area contributed by atoms with E-state index in [0.29, 0.717) is 28.4 Å². The van der Waals surface area contributed by atoms with E-state index in [0.717, 1.165) is 0 Å². The van der Waals surface area contributed by atoms with E-state index in [9.17, 15) is 14.4 Å². The molecule has 0 aliphatic heterocycles. The fourth-order valence-electron chi connectivity index (χ4n) is 3.06. The molecule has 2 amide bonds. The van der Waals surface area contributed by atoms with E-state index >= 15 is 0 Å². The standard InChI is InChI=1S/C26H24N2O7/c1-32-21-15-19(16-22(33-2)24(21)34-3)26(31)35-20-12-8-7-9-17(20)13-14-23(29)27-28-25(30)18-10-5-4-6-11-18/h4-16H,1-3H3,(H,27,29)(H,28,30)/b14-13+. The summed E-state index contributed by atoms with van der Waals surface area (Å²) in [6, 6.07) is 18.1. The van der Waals surface area contributed by atoms with E-state index in [1.54, 1.807) is 54.6 Å². The van der Waals surface area contributed by atoms with Crippen LogP contribution in [0.5, 0.6) is 23.0 Å². The summed E-state index contributed by atoms with van der Waals surface area (Å²) in [6.45, 7) is 0. The van der Waals surface area contributed by atoms with Crippen LogP contribution in [-0.2, 0) is 4.79 Å². The van der Waals surface area contributed by atoms with Crippen molar-refractivity contribution in [1.82, 2.24) is 10.9 Å². The quantitative estimate of drug-likeness (QED) is 0.222. The maximum Gasteiger partial charge on any atom is 0.343 e. The monoisotopic (exact) mass is 476 g/mol. The molecule has 0 aromatic heterocycles. The zero-order valence-corrected chi connectivity index (χ0v) is 19.4. The average molecular weight is 476 g/mol. The van der Waals surface area contributed by atoms with Crippen molar-refractivity contribution in [2.75, 3.05) is 21.3 Å². The second kappa shape index (κ2) is 11.9. The largest absolute Gasteiger partial charge is 0.493 e. The number of carbonyl (C=O) groups is 3. The molecule has 35 heavy (non-hydrogen) atoms. The lowest BCUT2D eigenvalue weighted by Crippen LogP contribution is -2.40. The van der Waals surface area contributed by atoms with Gasteiger partial charge in [0.05, 0.1) is 26.9 Å². The molecule has 0 spiro atoms. The van der Waals surface area contributed by atoms with E-state index in [1.807, 2.05) is 0 Å². The summed E-state index contributed by atoms with van der Waals surface area (Å²) in [7, 11) is 4.35. The molecule has 180 valence electrons. The van der Waals surface area contributed by atoms with Crippen LogP contribution in [-0.4, -0.2) is 39.1 Å². The molecule has 0 radical (unpaired) electrons. The summed E-state index contributed by atoms with van der Waals surface area (Å²) < 4.78 is 21.4. The molecule has 0 heterocycles. The SMILES string of the molecule is COc1cc(C(=O)Oc2ccccc2/C=C/C(=O)NNC(=O)c2ccccc2)cc(OC)c1OC.